The minimum absolute atomic E-state index is 0.0826. The summed E-state index contributed by atoms with van der Waals surface area (Å²) in [6, 6.07) is 10.4. The van der Waals surface area contributed by atoms with Gasteiger partial charge in [0.15, 0.2) is 5.78 Å². The molecular formula is C25H25N5O5S. The highest BCUT2D eigenvalue weighted by molar-refractivity contribution is 8.00. The second-order valence-electron chi connectivity index (χ2n) is 8.81. The molecule has 0 unspecified atom stereocenters. The number of Topliss-reactive ketones (excluding diaryl/α,β-unsaturated/α-hetero) is 1. The zero-order valence-corrected chi connectivity index (χ0v) is 20.4. The van der Waals surface area contributed by atoms with E-state index in [-0.39, 0.29) is 31.1 Å². The lowest BCUT2D eigenvalue weighted by atomic mass is 9.90. The van der Waals surface area contributed by atoms with Crippen LogP contribution in [0.2, 0.25) is 0 Å². The maximum absolute atomic E-state index is 13.0. The van der Waals surface area contributed by atoms with Crippen molar-refractivity contribution in [3.63, 3.8) is 0 Å². The zero-order chi connectivity index (χ0) is 25.3. The Morgan fingerprint density at radius 3 is 2.81 bits per heavy atom. The number of likely N-dealkylation sites (tertiary alicyclic amines) is 1. The summed E-state index contributed by atoms with van der Waals surface area (Å²) in [5.74, 6) is 0.0737. The monoisotopic (exact) mass is 507 g/mol. The first-order chi connectivity index (χ1) is 17.3. The molecule has 2 aliphatic rings. The third-order valence-electron chi connectivity index (χ3n) is 6.42. The van der Waals surface area contributed by atoms with E-state index in [0.717, 1.165) is 4.90 Å². The number of pyridine rings is 2. The first kappa shape index (κ1) is 24.2. The number of nitrogens with one attached hydrogen (secondary N) is 2. The number of hydrogen-bond acceptors (Lipinski definition) is 9. The Bertz CT molecular complexity index is 1360. The van der Waals surface area contributed by atoms with E-state index >= 15 is 0 Å². The molecule has 2 amide bonds. The van der Waals surface area contributed by atoms with Crippen LogP contribution in [0.5, 0.6) is 5.88 Å². The van der Waals surface area contributed by atoms with Crippen molar-refractivity contribution in [3.05, 3.63) is 48.2 Å². The number of fused-ring (bicyclic) bond motifs is 2. The Balaban J connectivity index is 1.21. The van der Waals surface area contributed by atoms with E-state index in [1.807, 2.05) is 11.0 Å². The number of nitrogens with zero attached hydrogens (tertiary/aromatic N) is 3. The Labute approximate surface area is 211 Å². The van der Waals surface area contributed by atoms with E-state index in [2.05, 4.69) is 20.6 Å². The Kier molecular flexibility index (Phi) is 6.61. The highest BCUT2D eigenvalue weighted by Crippen LogP contribution is 2.32. The van der Waals surface area contributed by atoms with Gasteiger partial charge in [0.1, 0.15) is 11.1 Å². The highest BCUT2D eigenvalue weighted by Gasteiger charge is 2.40. The zero-order valence-electron chi connectivity index (χ0n) is 19.6. The molecule has 0 atom stereocenters. The summed E-state index contributed by atoms with van der Waals surface area (Å²) in [4.78, 5) is 49.0. The van der Waals surface area contributed by atoms with Crippen molar-refractivity contribution >= 4 is 51.8 Å². The predicted molar refractivity (Wildman–Crippen MR) is 135 cm³/mol. The number of anilines is 2. The molecule has 1 saturated heterocycles. The van der Waals surface area contributed by atoms with Gasteiger partial charge in [-0.15, -0.1) is 11.8 Å². The first-order valence-corrected chi connectivity index (χ1v) is 12.5. The summed E-state index contributed by atoms with van der Waals surface area (Å²) in [6.07, 6.45) is 1.93. The van der Waals surface area contributed by atoms with E-state index in [0.29, 0.717) is 52.7 Å². The number of amides is 2. The number of carbonyl (C=O) groups is 3. The van der Waals surface area contributed by atoms with Gasteiger partial charge in [0.25, 0.3) is 5.91 Å². The summed E-state index contributed by atoms with van der Waals surface area (Å²) >= 11 is 1.45. The van der Waals surface area contributed by atoms with E-state index < -0.39 is 11.5 Å². The first-order valence-electron chi connectivity index (χ1n) is 11.5. The second kappa shape index (κ2) is 9.84. The number of aliphatic hydroxyl groups is 1. The molecule has 0 bridgehead atoms. The van der Waals surface area contributed by atoms with Gasteiger partial charge in [-0.1, -0.05) is 6.07 Å². The fraction of sp³-hybridized carbons (Fsp3) is 0.320. The number of piperidine rings is 1. The normalized spacial score (nSPS) is 17.2. The molecule has 5 rings (SSSR count). The molecule has 2 aromatic heterocycles. The minimum Gasteiger partial charge on any atom is -0.481 e. The standard InChI is InChI=1S/C25H25N5O5S/c1-35-22-5-3-16-23(29-22)17(6-9-26-16)28-24(33)25(34)7-10-30(11-8-25)13-19(31)15-2-4-20-18(12-15)27-21(32)14-36-20/h2-6,9,12,34H,7-8,10-11,13-14H2,1H3,(H,27,32)(H,26,28,33). The number of thioether (sulfide) groups is 1. The predicted octanol–water partition coefficient (Wildman–Crippen LogP) is 2.33. The summed E-state index contributed by atoms with van der Waals surface area (Å²) in [6.45, 7) is 0.934. The van der Waals surface area contributed by atoms with Crippen molar-refractivity contribution in [1.82, 2.24) is 14.9 Å². The fourth-order valence-corrected chi connectivity index (χ4v) is 5.11. The number of methoxy groups -OCH3 is 1. The molecule has 36 heavy (non-hydrogen) atoms. The van der Waals surface area contributed by atoms with Gasteiger partial charge in [0.05, 0.1) is 36.3 Å². The number of carbonyl (C=O) groups excluding carboxylic acids is 3. The van der Waals surface area contributed by atoms with E-state index in [4.69, 9.17) is 4.74 Å². The third kappa shape index (κ3) is 4.90. The van der Waals surface area contributed by atoms with Crippen molar-refractivity contribution < 1.29 is 24.2 Å². The molecule has 1 fully saturated rings. The number of ketones is 1. The minimum atomic E-state index is -1.57. The molecule has 4 heterocycles. The molecule has 0 spiro atoms. The van der Waals surface area contributed by atoms with Gasteiger partial charge < -0.3 is 20.5 Å². The molecule has 2 aliphatic heterocycles. The lowest BCUT2D eigenvalue weighted by molar-refractivity contribution is -0.138. The molecule has 3 aromatic rings. The molecule has 0 saturated carbocycles. The van der Waals surface area contributed by atoms with Gasteiger partial charge >= 0.3 is 0 Å². The molecule has 0 aliphatic carbocycles. The second-order valence-corrected chi connectivity index (χ2v) is 9.83. The Hall–Kier alpha value is -3.54. The molecule has 0 radical (unpaired) electrons. The smallest absolute Gasteiger partial charge is 0.256 e. The van der Waals surface area contributed by atoms with Crippen molar-refractivity contribution in [2.75, 3.05) is 43.1 Å². The van der Waals surface area contributed by atoms with Crippen LogP contribution in [0.25, 0.3) is 11.0 Å². The van der Waals surface area contributed by atoms with Crippen LogP contribution in [0.15, 0.2) is 47.5 Å². The van der Waals surface area contributed by atoms with Gasteiger partial charge in [-0.3, -0.25) is 24.3 Å². The van der Waals surface area contributed by atoms with E-state index in [1.54, 1.807) is 36.5 Å². The summed E-state index contributed by atoms with van der Waals surface area (Å²) in [7, 11) is 1.51. The van der Waals surface area contributed by atoms with Crippen LogP contribution in [-0.4, -0.2) is 75.7 Å². The highest BCUT2D eigenvalue weighted by atomic mass is 32.2. The Morgan fingerprint density at radius 2 is 2.03 bits per heavy atom. The van der Waals surface area contributed by atoms with Crippen LogP contribution in [0, 0.1) is 0 Å². The SMILES string of the molecule is COc1ccc2nccc(NC(=O)C3(O)CCN(CC(=O)c4ccc5c(c4)NC(=O)CS5)CC3)c2n1. The number of hydrogen-bond donors (Lipinski definition) is 3. The average Bonchev–Trinajstić information content (AvgIpc) is 2.89. The molecule has 186 valence electrons. The topological polar surface area (TPSA) is 134 Å². The van der Waals surface area contributed by atoms with Gasteiger partial charge in [-0.2, -0.15) is 0 Å². The van der Waals surface area contributed by atoms with Gasteiger partial charge in [-0.25, -0.2) is 4.98 Å². The van der Waals surface area contributed by atoms with Crippen LogP contribution in [0.3, 0.4) is 0 Å². The van der Waals surface area contributed by atoms with Gasteiger partial charge in [0.2, 0.25) is 11.8 Å². The molecule has 11 heteroatoms. The number of ether oxygens (including phenoxy) is 1. The maximum Gasteiger partial charge on any atom is 0.256 e. The van der Waals surface area contributed by atoms with Crippen LogP contribution in [-0.2, 0) is 9.59 Å². The summed E-state index contributed by atoms with van der Waals surface area (Å²) in [5, 5.41) is 16.7. The van der Waals surface area contributed by atoms with E-state index in [1.165, 1.54) is 18.9 Å². The van der Waals surface area contributed by atoms with E-state index in [9.17, 15) is 19.5 Å². The van der Waals surface area contributed by atoms with Gasteiger partial charge in [-0.05, 0) is 37.1 Å². The average molecular weight is 508 g/mol. The quantitative estimate of drug-likeness (QED) is 0.430. The summed E-state index contributed by atoms with van der Waals surface area (Å²) in [5.41, 5.74) is 1.10. The van der Waals surface area contributed by atoms with Crippen LogP contribution >= 0.6 is 11.8 Å². The fourth-order valence-electron chi connectivity index (χ4n) is 4.32. The summed E-state index contributed by atoms with van der Waals surface area (Å²) < 4.78 is 5.17. The lowest BCUT2D eigenvalue weighted by Crippen LogP contribution is -2.52. The third-order valence-corrected chi connectivity index (χ3v) is 7.50. The molecule has 3 N–H and O–H groups in total. The van der Waals surface area contributed by atoms with Crippen molar-refractivity contribution in [3.8, 4) is 5.88 Å². The molecular weight excluding hydrogens is 482 g/mol. The molecule has 1 aromatic carbocycles. The van der Waals surface area contributed by atoms with Crippen LogP contribution in [0.1, 0.15) is 23.2 Å². The largest absolute Gasteiger partial charge is 0.481 e. The van der Waals surface area contributed by atoms with Crippen LogP contribution < -0.4 is 15.4 Å². The Morgan fingerprint density at radius 1 is 1.22 bits per heavy atom. The van der Waals surface area contributed by atoms with Gasteiger partial charge in [0, 0.05) is 35.8 Å². The number of aromatic nitrogens is 2. The van der Waals surface area contributed by atoms with Crippen molar-refractivity contribution in [1.29, 1.82) is 0 Å². The number of benzene rings is 1. The maximum atomic E-state index is 13.0. The molecule has 10 nitrogen and oxygen atoms in total. The lowest BCUT2D eigenvalue weighted by Gasteiger charge is -2.36. The van der Waals surface area contributed by atoms with Crippen molar-refractivity contribution in [2.24, 2.45) is 0 Å². The number of rotatable bonds is 6. The van der Waals surface area contributed by atoms with Crippen LogP contribution in [0.4, 0.5) is 11.4 Å². The van der Waals surface area contributed by atoms with Crippen molar-refractivity contribution in [2.45, 2.75) is 23.3 Å².